The molecule has 1 aliphatic rings. The average Bonchev–Trinajstić information content (AvgIpc) is 2.82. The quantitative estimate of drug-likeness (QED) is 0.833. The smallest absolute Gasteiger partial charge is 0.129 e. The Labute approximate surface area is 103 Å². The summed E-state index contributed by atoms with van der Waals surface area (Å²) in [6, 6.07) is 4.95. The molecule has 1 aliphatic carbocycles. The van der Waals surface area contributed by atoms with Crippen LogP contribution in [0, 0.1) is 18.7 Å². The van der Waals surface area contributed by atoms with Crippen molar-refractivity contribution in [2.75, 3.05) is 0 Å². The third-order valence-electron chi connectivity index (χ3n) is 3.83. The van der Waals surface area contributed by atoms with Gasteiger partial charge < -0.3 is 5.11 Å². The molecular formula is C15H21FO. The maximum absolute atomic E-state index is 13.6. The van der Waals surface area contributed by atoms with Crippen molar-refractivity contribution in [3.8, 4) is 0 Å². The van der Waals surface area contributed by atoms with E-state index >= 15 is 0 Å². The molecular weight excluding hydrogens is 215 g/mol. The number of aliphatic hydroxyl groups excluding tert-OH is 1. The van der Waals surface area contributed by atoms with E-state index in [2.05, 4.69) is 0 Å². The number of benzene rings is 1. The molecule has 0 spiro atoms. The highest BCUT2D eigenvalue weighted by molar-refractivity contribution is 5.25. The Morgan fingerprint density at radius 2 is 2.06 bits per heavy atom. The van der Waals surface area contributed by atoms with E-state index in [-0.39, 0.29) is 5.82 Å². The van der Waals surface area contributed by atoms with Gasteiger partial charge in [-0.1, -0.05) is 43.4 Å². The monoisotopic (exact) mass is 236 g/mol. The van der Waals surface area contributed by atoms with Gasteiger partial charge in [0.1, 0.15) is 5.82 Å². The lowest BCUT2D eigenvalue weighted by Gasteiger charge is -2.15. The number of hydrogen-bond acceptors (Lipinski definition) is 1. The largest absolute Gasteiger partial charge is 0.388 e. The van der Waals surface area contributed by atoms with Crippen LogP contribution in [0.4, 0.5) is 4.39 Å². The standard InChI is InChI=1S/C15H21FO/c1-11-6-8-14(16)13(10-11)15(17)9-7-12-4-2-3-5-12/h6,8,10,12,15,17H,2-5,7,9H2,1H3. The van der Waals surface area contributed by atoms with Crippen molar-refractivity contribution < 1.29 is 9.50 Å². The summed E-state index contributed by atoms with van der Waals surface area (Å²) in [4.78, 5) is 0. The summed E-state index contributed by atoms with van der Waals surface area (Å²) >= 11 is 0. The minimum atomic E-state index is -0.643. The third kappa shape index (κ3) is 3.29. The van der Waals surface area contributed by atoms with Crippen LogP contribution in [0.25, 0.3) is 0 Å². The van der Waals surface area contributed by atoms with E-state index in [9.17, 15) is 9.50 Å². The second-order valence-corrected chi connectivity index (χ2v) is 5.27. The van der Waals surface area contributed by atoms with Crippen molar-refractivity contribution in [3.05, 3.63) is 35.1 Å². The summed E-state index contributed by atoms with van der Waals surface area (Å²) in [5, 5.41) is 10.0. The highest BCUT2D eigenvalue weighted by atomic mass is 19.1. The molecule has 1 saturated carbocycles. The van der Waals surface area contributed by atoms with Crippen molar-refractivity contribution in [3.63, 3.8) is 0 Å². The SMILES string of the molecule is Cc1ccc(F)c(C(O)CCC2CCCC2)c1. The van der Waals surface area contributed by atoms with Gasteiger partial charge in [-0.3, -0.25) is 0 Å². The number of halogens is 1. The van der Waals surface area contributed by atoms with Crippen LogP contribution in [-0.4, -0.2) is 5.11 Å². The second-order valence-electron chi connectivity index (χ2n) is 5.27. The molecule has 1 aromatic rings. The first-order valence-electron chi connectivity index (χ1n) is 6.61. The molecule has 1 nitrogen and oxygen atoms in total. The number of hydrogen-bond donors (Lipinski definition) is 1. The van der Waals surface area contributed by atoms with E-state index in [1.807, 2.05) is 6.92 Å². The maximum Gasteiger partial charge on any atom is 0.129 e. The topological polar surface area (TPSA) is 20.2 Å². The highest BCUT2D eigenvalue weighted by Crippen LogP contribution is 2.32. The Kier molecular flexibility index (Phi) is 4.16. The lowest BCUT2D eigenvalue weighted by Crippen LogP contribution is -2.04. The number of aryl methyl sites for hydroxylation is 1. The zero-order valence-electron chi connectivity index (χ0n) is 10.5. The summed E-state index contributed by atoms with van der Waals surface area (Å²) < 4.78 is 13.6. The second kappa shape index (κ2) is 5.63. The van der Waals surface area contributed by atoms with Crippen molar-refractivity contribution in [2.24, 2.45) is 5.92 Å². The fourth-order valence-electron chi connectivity index (χ4n) is 2.77. The minimum Gasteiger partial charge on any atom is -0.388 e. The van der Waals surface area contributed by atoms with Gasteiger partial charge in [-0.15, -0.1) is 0 Å². The van der Waals surface area contributed by atoms with Gasteiger partial charge in [0.05, 0.1) is 6.10 Å². The summed E-state index contributed by atoms with van der Waals surface area (Å²) in [7, 11) is 0. The van der Waals surface area contributed by atoms with Gasteiger partial charge in [-0.25, -0.2) is 4.39 Å². The number of aliphatic hydroxyl groups is 1. The maximum atomic E-state index is 13.6. The van der Waals surface area contributed by atoms with Gasteiger partial charge in [0.2, 0.25) is 0 Å². The molecule has 1 aromatic carbocycles. The molecule has 2 heteroatoms. The minimum absolute atomic E-state index is 0.283. The van der Waals surface area contributed by atoms with E-state index in [1.54, 1.807) is 12.1 Å². The van der Waals surface area contributed by atoms with Crippen molar-refractivity contribution in [1.82, 2.24) is 0 Å². The van der Waals surface area contributed by atoms with E-state index in [4.69, 9.17) is 0 Å². The first kappa shape index (κ1) is 12.6. The molecule has 0 bridgehead atoms. The lowest BCUT2D eigenvalue weighted by atomic mass is 9.95. The molecule has 0 radical (unpaired) electrons. The van der Waals surface area contributed by atoms with Crippen LogP contribution >= 0.6 is 0 Å². The zero-order valence-corrected chi connectivity index (χ0v) is 10.5. The van der Waals surface area contributed by atoms with E-state index in [1.165, 1.54) is 31.7 Å². The third-order valence-corrected chi connectivity index (χ3v) is 3.83. The Morgan fingerprint density at radius 1 is 1.35 bits per heavy atom. The zero-order chi connectivity index (χ0) is 12.3. The van der Waals surface area contributed by atoms with Crippen LogP contribution in [0.1, 0.15) is 55.8 Å². The lowest BCUT2D eigenvalue weighted by molar-refractivity contribution is 0.152. The molecule has 2 rings (SSSR count). The predicted molar refractivity (Wildman–Crippen MR) is 67.3 cm³/mol. The first-order valence-corrected chi connectivity index (χ1v) is 6.61. The van der Waals surface area contributed by atoms with Crippen LogP contribution in [0.5, 0.6) is 0 Å². The first-order chi connectivity index (χ1) is 8.16. The molecule has 94 valence electrons. The van der Waals surface area contributed by atoms with Crippen LogP contribution in [-0.2, 0) is 0 Å². The molecule has 0 heterocycles. The molecule has 1 N–H and O–H groups in total. The van der Waals surface area contributed by atoms with Crippen molar-refractivity contribution >= 4 is 0 Å². The van der Waals surface area contributed by atoms with Crippen LogP contribution in [0.15, 0.2) is 18.2 Å². The summed E-state index contributed by atoms with van der Waals surface area (Å²) in [6.07, 6.45) is 6.26. The molecule has 0 aromatic heterocycles. The summed E-state index contributed by atoms with van der Waals surface area (Å²) in [5.41, 5.74) is 1.46. The Bertz CT molecular complexity index is 369. The van der Waals surface area contributed by atoms with Crippen LogP contribution < -0.4 is 0 Å². The predicted octanol–water partition coefficient (Wildman–Crippen LogP) is 4.14. The highest BCUT2D eigenvalue weighted by Gasteiger charge is 2.18. The molecule has 1 fully saturated rings. The summed E-state index contributed by atoms with van der Waals surface area (Å²) in [5.74, 6) is 0.465. The van der Waals surface area contributed by atoms with Crippen molar-refractivity contribution in [1.29, 1.82) is 0 Å². The molecule has 0 aliphatic heterocycles. The van der Waals surface area contributed by atoms with Gasteiger partial charge in [0.25, 0.3) is 0 Å². The number of rotatable bonds is 4. The fourth-order valence-corrected chi connectivity index (χ4v) is 2.77. The van der Waals surface area contributed by atoms with E-state index < -0.39 is 6.10 Å². The van der Waals surface area contributed by atoms with E-state index in [0.29, 0.717) is 12.0 Å². The molecule has 0 amide bonds. The normalized spacial score (nSPS) is 18.5. The Balaban J connectivity index is 1.93. The Morgan fingerprint density at radius 3 is 2.76 bits per heavy atom. The van der Waals surface area contributed by atoms with Gasteiger partial charge in [-0.2, -0.15) is 0 Å². The molecule has 1 atom stereocenters. The van der Waals surface area contributed by atoms with E-state index in [0.717, 1.165) is 17.9 Å². The Hall–Kier alpha value is -0.890. The molecule has 0 saturated heterocycles. The molecule has 1 unspecified atom stereocenters. The van der Waals surface area contributed by atoms with Crippen LogP contribution in [0.3, 0.4) is 0 Å². The fraction of sp³-hybridized carbons (Fsp3) is 0.600. The summed E-state index contributed by atoms with van der Waals surface area (Å²) in [6.45, 7) is 1.92. The van der Waals surface area contributed by atoms with Crippen molar-refractivity contribution in [2.45, 2.75) is 51.6 Å². The van der Waals surface area contributed by atoms with Crippen LogP contribution in [0.2, 0.25) is 0 Å². The average molecular weight is 236 g/mol. The van der Waals surface area contributed by atoms with Gasteiger partial charge >= 0.3 is 0 Å². The van der Waals surface area contributed by atoms with Gasteiger partial charge in [0, 0.05) is 5.56 Å². The molecule has 17 heavy (non-hydrogen) atoms. The van der Waals surface area contributed by atoms with Gasteiger partial charge in [0.15, 0.2) is 0 Å². The van der Waals surface area contributed by atoms with Gasteiger partial charge in [-0.05, 0) is 31.7 Å².